The Labute approximate surface area is 130 Å². The number of amides is 1. The standard InChI is InChI=1S/C13H23FNO6P/c1-3-4-12(16)20-9-21-13(17)15-11(14)6-5-10(2)7-8-22(18)19/h10-11H,3-9H2,1-2H3,(H-,15,17,18,19)/p+1. The normalized spacial score (nSPS) is 13.9. The van der Waals surface area contributed by atoms with Gasteiger partial charge in [-0.05, 0) is 36.2 Å². The van der Waals surface area contributed by atoms with Gasteiger partial charge in [-0.3, -0.25) is 10.1 Å². The Hall–Kier alpha value is -1.27. The molecule has 0 heterocycles. The third-order valence-corrected chi connectivity index (χ3v) is 3.51. The van der Waals surface area contributed by atoms with Crippen LogP contribution in [0.2, 0.25) is 0 Å². The molecule has 0 rings (SSSR count). The van der Waals surface area contributed by atoms with Crippen LogP contribution in [0.5, 0.6) is 0 Å². The van der Waals surface area contributed by atoms with Crippen molar-refractivity contribution in [3.63, 3.8) is 0 Å². The van der Waals surface area contributed by atoms with E-state index in [9.17, 15) is 18.5 Å². The molecule has 0 aliphatic heterocycles. The van der Waals surface area contributed by atoms with Crippen molar-refractivity contribution >= 4 is 20.1 Å². The van der Waals surface area contributed by atoms with Crippen molar-refractivity contribution in [2.24, 2.45) is 5.92 Å². The molecule has 2 N–H and O–H groups in total. The number of hydrogen-bond donors (Lipinski definition) is 2. The average Bonchev–Trinajstić information content (AvgIpc) is 2.43. The van der Waals surface area contributed by atoms with Gasteiger partial charge in [-0.1, -0.05) is 13.8 Å². The molecule has 9 heteroatoms. The molecule has 0 aromatic rings. The third-order valence-electron chi connectivity index (χ3n) is 2.86. The maximum atomic E-state index is 13.5. The molecule has 128 valence electrons. The number of ether oxygens (including phenoxy) is 2. The molecule has 0 bridgehead atoms. The summed E-state index contributed by atoms with van der Waals surface area (Å²) in [6.45, 7) is 3.11. The van der Waals surface area contributed by atoms with E-state index in [1.165, 1.54) is 0 Å². The second-order valence-corrected chi connectivity index (χ2v) is 6.13. The first-order valence-corrected chi connectivity index (χ1v) is 8.61. The highest BCUT2D eigenvalue weighted by molar-refractivity contribution is 7.37. The van der Waals surface area contributed by atoms with Crippen molar-refractivity contribution in [3.8, 4) is 0 Å². The summed E-state index contributed by atoms with van der Waals surface area (Å²) >= 11 is 0. The summed E-state index contributed by atoms with van der Waals surface area (Å²) in [5, 5.41) is 1.98. The molecule has 0 spiro atoms. The van der Waals surface area contributed by atoms with Gasteiger partial charge in [-0.2, -0.15) is 4.89 Å². The van der Waals surface area contributed by atoms with Crippen LogP contribution in [0.1, 0.15) is 46.0 Å². The number of halogens is 1. The maximum absolute atomic E-state index is 13.5. The molecule has 0 saturated heterocycles. The van der Waals surface area contributed by atoms with Crippen molar-refractivity contribution in [3.05, 3.63) is 0 Å². The van der Waals surface area contributed by atoms with Crippen molar-refractivity contribution in [1.82, 2.24) is 5.32 Å². The highest BCUT2D eigenvalue weighted by Gasteiger charge is 2.17. The lowest BCUT2D eigenvalue weighted by atomic mass is 10.0. The van der Waals surface area contributed by atoms with E-state index in [4.69, 9.17) is 4.89 Å². The monoisotopic (exact) mass is 340 g/mol. The quantitative estimate of drug-likeness (QED) is 0.259. The molecule has 22 heavy (non-hydrogen) atoms. The molecule has 0 aromatic heterocycles. The van der Waals surface area contributed by atoms with Crippen LogP contribution in [-0.2, 0) is 18.8 Å². The Morgan fingerprint density at radius 2 is 1.95 bits per heavy atom. The van der Waals surface area contributed by atoms with Gasteiger partial charge < -0.3 is 9.47 Å². The summed E-state index contributed by atoms with van der Waals surface area (Å²) < 4.78 is 33.1. The van der Waals surface area contributed by atoms with Gasteiger partial charge in [0.15, 0.2) is 12.5 Å². The van der Waals surface area contributed by atoms with Crippen LogP contribution in [0.3, 0.4) is 0 Å². The minimum absolute atomic E-state index is 0.0775. The predicted molar refractivity (Wildman–Crippen MR) is 78.1 cm³/mol. The van der Waals surface area contributed by atoms with E-state index in [-0.39, 0.29) is 24.9 Å². The van der Waals surface area contributed by atoms with E-state index in [2.05, 4.69) is 9.47 Å². The van der Waals surface area contributed by atoms with Crippen LogP contribution < -0.4 is 5.32 Å². The summed E-state index contributed by atoms with van der Waals surface area (Å²) in [7, 11) is -2.16. The lowest BCUT2D eigenvalue weighted by molar-refractivity contribution is -0.151. The predicted octanol–water partition coefficient (Wildman–Crippen LogP) is 2.85. The van der Waals surface area contributed by atoms with Crippen LogP contribution in [-0.4, -0.2) is 36.2 Å². The Balaban J connectivity index is 3.73. The molecule has 7 nitrogen and oxygen atoms in total. The van der Waals surface area contributed by atoms with E-state index >= 15 is 0 Å². The smallest absolute Gasteiger partial charge is 0.428 e. The Morgan fingerprint density at radius 1 is 1.27 bits per heavy atom. The zero-order chi connectivity index (χ0) is 17.0. The number of carbonyl (C=O) groups is 2. The van der Waals surface area contributed by atoms with Crippen molar-refractivity contribution in [2.75, 3.05) is 13.0 Å². The Kier molecular flexibility index (Phi) is 11.6. The maximum Gasteiger partial charge on any atom is 0.505 e. The minimum atomic E-state index is -2.16. The van der Waals surface area contributed by atoms with Crippen LogP contribution in [0.15, 0.2) is 0 Å². The SMILES string of the molecule is CCCC(=O)OCOC(=O)NC(F)CCC(C)CC[P+](=O)O. The molecule has 0 aliphatic carbocycles. The number of alkyl halides is 1. The number of hydrogen-bond acceptors (Lipinski definition) is 5. The summed E-state index contributed by atoms with van der Waals surface area (Å²) in [4.78, 5) is 30.9. The largest absolute Gasteiger partial charge is 0.505 e. The minimum Gasteiger partial charge on any atom is -0.428 e. The second kappa shape index (κ2) is 12.3. The van der Waals surface area contributed by atoms with Crippen LogP contribution in [0.4, 0.5) is 9.18 Å². The zero-order valence-corrected chi connectivity index (χ0v) is 13.8. The summed E-state index contributed by atoms with van der Waals surface area (Å²) in [6, 6.07) is 0. The number of esters is 1. The Morgan fingerprint density at radius 3 is 2.55 bits per heavy atom. The first kappa shape index (κ1) is 20.7. The molecule has 0 aromatic carbocycles. The first-order chi connectivity index (χ1) is 10.3. The third kappa shape index (κ3) is 12.5. The molecule has 0 fully saturated rings. The van der Waals surface area contributed by atoms with E-state index in [0.29, 0.717) is 19.3 Å². The van der Waals surface area contributed by atoms with E-state index in [1.54, 1.807) is 0 Å². The summed E-state index contributed by atoms with van der Waals surface area (Å²) in [5.41, 5.74) is 0. The molecular weight excluding hydrogens is 316 g/mol. The lowest BCUT2D eigenvalue weighted by Crippen LogP contribution is -2.33. The second-order valence-electron chi connectivity index (χ2n) is 4.97. The summed E-state index contributed by atoms with van der Waals surface area (Å²) in [5.74, 6) is -0.402. The van der Waals surface area contributed by atoms with Gasteiger partial charge in [0.2, 0.25) is 6.79 Å². The van der Waals surface area contributed by atoms with Gasteiger partial charge in [0.1, 0.15) is 0 Å². The topological polar surface area (TPSA) is 102 Å². The van der Waals surface area contributed by atoms with Gasteiger partial charge in [0.05, 0.1) is 0 Å². The number of nitrogens with one attached hydrogen (secondary N) is 1. The van der Waals surface area contributed by atoms with Crippen LogP contribution in [0.25, 0.3) is 0 Å². The van der Waals surface area contributed by atoms with Gasteiger partial charge in [0, 0.05) is 6.42 Å². The fourth-order valence-electron chi connectivity index (χ4n) is 1.57. The summed E-state index contributed by atoms with van der Waals surface area (Å²) in [6.07, 6.45) is -0.465. The van der Waals surface area contributed by atoms with Crippen molar-refractivity contribution in [2.45, 2.75) is 52.2 Å². The molecule has 1 amide bonds. The van der Waals surface area contributed by atoms with Crippen LogP contribution in [0, 0.1) is 5.92 Å². The van der Waals surface area contributed by atoms with Crippen LogP contribution >= 0.6 is 8.03 Å². The molecule has 0 aliphatic rings. The first-order valence-electron chi connectivity index (χ1n) is 7.21. The molecule has 3 atom stereocenters. The molecule has 3 unspecified atom stereocenters. The molecule has 0 radical (unpaired) electrons. The Bertz CT molecular complexity index is 368. The van der Waals surface area contributed by atoms with Gasteiger partial charge in [-0.25, -0.2) is 9.18 Å². The van der Waals surface area contributed by atoms with Crippen molar-refractivity contribution in [1.29, 1.82) is 0 Å². The highest BCUT2D eigenvalue weighted by Crippen LogP contribution is 2.20. The van der Waals surface area contributed by atoms with Gasteiger partial charge >= 0.3 is 20.1 Å². The van der Waals surface area contributed by atoms with Gasteiger partial charge in [0.25, 0.3) is 0 Å². The van der Waals surface area contributed by atoms with Crippen molar-refractivity contribution < 1.29 is 32.9 Å². The number of alkyl carbamates (subject to hydrolysis) is 1. The fourth-order valence-corrected chi connectivity index (χ4v) is 2.23. The molecular formula is C13H24FNO6P+. The molecule has 0 saturated carbocycles. The fraction of sp³-hybridized carbons (Fsp3) is 0.846. The van der Waals surface area contributed by atoms with E-state index in [0.717, 1.165) is 0 Å². The highest BCUT2D eigenvalue weighted by atomic mass is 31.1. The van der Waals surface area contributed by atoms with E-state index < -0.39 is 33.2 Å². The van der Waals surface area contributed by atoms with E-state index in [1.807, 2.05) is 19.2 Å². The average molecular weight is 340 g/mol. The number of rotatable bonds is 11. The van der Waals surface area contributed by atoms with Gasteiger partial charge in [-0.15, -0.1) is 0 Å². The number of carbonyl (C=O) groups excluding carboxylic acids is 2. The lowest BCUT2D eigenvalue weighted by Gasteiger charge is -2.13. The zero-order valence-electron chi connectivity index (χ0n) is 12.9.